The first kappa shape index (κ1) is 26.2. The zero-order valence-corrected chi connectivity index (χ0v) is 20.7. The van der Waals surface area contributed by atoms with Crippen LogP contribution in [0.4, 0.5) is 13.2 Å². The van der Waals surface area contributed by atoms with Crippen LogP contribution in [0.3, 0.4) is 0 Å². The van der Waals surface area contributed by atoms with Gasteiger partial charge in [-0.05, 0) is 79.6 Å². The lowest BCUT2D eigenvalue weighted by molar-refractivity contribution is -0.138. The number of piperidine rings is 1. The number of nitrogens with zero attached hydrogens (tertiary/aromatic N) is 1. The Morgan fingerprint density at radius 3 is 2.52 bits per heavy atom. The van der Waals surface area contributed by atoms with E-state index in [-0.39, 0.29) is 29.2 Å². The minimum Gasteiger partial charge on any atom is -0.348 e. The molecule has 1 saturated heterocycles. The fourth-order valence-corrected chi connectivity index (χ4v) is 5.22. The van der Waals surface area contributed by atoms with Gasteiger partial charge in [0, 0.05) is 33.6 Å². The first-order valence-electron chi connectivity index (χ1n) is 11.0. The highest BCUT2D eigenvalue weighted by molar-refractivity contribution is 7.99. The van der Waals surface area contributed by atoms with Crippen molar-refractivity contribution in [3.8, 4) is 0 Å². The van der Waals surface area contributed by atoms with Crippen LogP contribution in [0.15, 0.2) is 35.2 Å². The summed E-state index contributed by atoms with van der Waals surface area (Å²) in [5.41, 5.74) is -0.124. The average Bonchev–Trinajstić information content (AvgIpc) is 2.78. The molecule has 1 aliphatic rings. The molecular weight excluding hydrogens is 492 g/mol. The highest BCUT2D eigenvalue weighted by Gasteiger charge is 2.36. The Kier molecular flexibility index (Phi) is 9.39. The Hall–Kier alpha value is -1.41. The summed E-state index contributed by atoms with van der Waals surface area (Å²) in [5.74, 6) is 0.296. The van der Waals surface area contributed by atoms with Crippen molar-refractivity contribution in [2.45, 2.75) is 56.8 Å². The summed E-state index contributed by atoms with van der Waals surface area (Å²) < 4.78 is 41.6. The molecule has 1 aliphatic heterocycles. The van der Waals surface area contributed by atoms with Crippen LogP contribution in [0.5, 0.6) is 0 Å². The number of carbonyl (C=O) groups is 1. The molecule has 0 radical (unpaired) electrons. The molecule has 1 heterocycles. The maximum Gasteiger partial charge on any atom is 0.416 e. The second-order valence-corrected chi connectivity index (χ2v) is 10.1. The van der Waals surface area contributed by atoms with Gasteiger partial charge in [-0.15, -0.1) is 11.8 Å². The fraction of sp³-hybridized carbons (Fsp3) is 0.458. The molecular formula is C24H27Cl2F3N2OS. The minimum absolute atomic E-state index is 0.0238. The quantitative estimate of drug-likeness (QED) is 0.368. The maximum absolute atomic E-state index is 13.9. The molecule has 0 bridgehead atoms. The fourth-order valence-electron chi connectivity index (χ4n) is 3.84. The number of hydrogen-bond donors (Lipinski definition) is 1. The van der Waals surface area contributed by atoms with Crippen LogP contribution in [-0.2, 0) is 19.3 Å². The molecule has 0 aliphatic carbocycles. The topological polar surface area (TPSA) is 32.3 Å². The molecule has 0 unspecified atom stereocenters. The summed E-state index contributed by atoms with van der Waals surface area (Å²) in [6.07, 6.45) is -0.618. The van der Waals surface area contributed by atoms with Crippen LogP contribution >= 0.6 is 35.0 Å². The predicted molar refractivity (Wildman–Crippen MR) is 129 cm³/mol. The smallest absolute Gasteiger partial charge is 0.348 e. The molecule has 1 fully saturated rings. The first-order chi connectivity index (χ1) is 15.7. The Balaban J connectivity index is 1.81. The highest BCUT2D eigenvalue weighted by Crippen LogP contribution is 2.37. The average molecular weight is 519 g/mol. The van der Waals surface area contributed by atoms with Gasteiger partial charge in [-0.3, -0.25) is 9.69 Å². The molecule has 0 atom stereocenters. The van der Waals surface area contributed by atoms with Crippen molar-refractivity contribution < 1.29 is 18.0 Å². The Labute approximate surface area is 207 Å². The number of halogens is 5. The van der Waals surface area contributed by atoms with E-state index in [2.05, 4.69) is 12.2 Å². The van der Waals surface area contributed by atoms with E-state index in [0.29, 0.717) is 5.02 Å². The molecule has 2 aromatic carbocycles. The summed E-state index contributed by atoms with van der Waals surface area (Å²) >= 11 is 14.0. The van der Waals surface area contributed by atoms with Gasteiger partial charge in [0.1, 0.15) is 0 Å². The highest BCUT2D eigenvalue weighted by atomic mass is 35.5. The first-order valence-corrected chi connectivity index (χ1v) is 12.7. The van der Waals surface area contributed by atoms with E-state index >= 15 is 0 Å². The lowest BCUT2D eigenvalue weighted by atomic mass is 10.0. The van der Waals surface area contributed by atoms with Crippen molar-refractivity contribution in [2.24, 2.45) is 0 Å². The second kappa shape index (κ2) is 11.8. The van der Waals surface area contributed by atoms with Gasteiger partial charge in [-0.1, -0.05) is 36.5 Å². The van der Waals surface area contributed by atoms with Gasteiger partial charge in [-0.25, -0.2) is 0 Å². The molecule has 0 spiro atoms. The van der Waals surface area contributed by atoms with Crippen molar-refractivity contribution in [1.29, 1.82) is 0 Å². The Morgan fingerprint density at radius 1 is 1.12 bits per heavy atom. The van der Waals surface area contributed by atoms with E-state index in [4.69, 9.17) is 23.2 Å². The molecule has 1 N–H and O–H groups in total. The van der Waals surface area contributed by atoms with Gasteiger partial charge in [0.25, 0.3) is 5.91 Å². The van der Waals surface area contributed by atoms with Crippen LogP contribution in [0.2, 0.25) is 10.0 Å². The Bertz CT molecular complexity index is 979. The molecule has 0 saturated carbocycles. The van der Waals surface area contributed by atoms with Crippen molar-refractivity contribution in [1.82, 2.24) is 10.2 Å². The number of likely N-dealkylation sites (tertiary alicyclic amines) is 1. The maximum atomic E-state index is 13.9. The summed E-state index contributed by atoms with van der Waals surface area (Å²) in [7, 11) is 0. The van der Waals surface area contributed by atoms with E-state index in [0.717, 1.165) is 61.1 Å². The third kappa shape index (κ3) is 7.28. The van der Waals surface area contributed by atoms with Gasteiger partial charge < -0.3 is 5.32 Å². The second-order valence-electron chi connectivity index (χ2n) is 8.10. The van der Waals surface area contributed by atoms with Crippen LogP contribution in [0.1, 0.15) is 59.7 Å². The molecule has 3 rings (SSSR count). The van der Waals surface area contributed by atoms with E-state index in [9.17, 15) is 18.0 Å². The van der Waals surface area contributed by atoms with Gasteiger partial charge in [0.05, 0.1) is 5.56 Å². The van der Waals surface area contributed by atoms with Gasteiger partial charge in [0.2, 0.25) is 0 Å². The normalized spacial score (nSPS) is 15.0. The summed E-state index contributed by atoms with van der Waals surface area (Å²) in [5, 5.41) is 3.21. The van der Waals surface area contributed by atoms with E-state index in [1.54, 1.807) is 23.9 Å². The zero-order valence-electron chi connectivity index (χ0n) is 18.4. The number of thioether (sulfide) groups is 1. The summed E-state index contributed by atoms with van der Waals surface area (Å²) in [6.45, 7) is 3.83. The molecule has 9 heteroatoms. The summed E-state index contributed by atoms with van der Waals surface area (Å²) in [6, 6.07) is 7.66. The van der Waals surface area contributed by atoms with Gasteiger partial charge in [0.15, 0.2) is 0 Å². The van der Waals surface area contributed by atoms with E-state index in [1.165, 1.54) is 6.07 Å². The predicted octanol–water partition coefficient (Wildman–Crippen LogP) is 7.43. The Morgan fingerprint density at radius 2 is 1.85 bits per heavy atom. The van der Waals surface area contributed by atoms with Gasteiger partial charge in [-0.2, -0.15) is 13.2 Å². The lowest BCUT2D eigenvalue weighted by Crippen LogP contribution is -2.30. The van der Waals surface area contributed by atoms with Crippen LogP contribution in [-0.4, -0.2) is 29.6 Å². The third-order valence-corrected chi connectivity index (χ3v) is 7.41. The molecule has 180 valence electrons. The van der Waals surface area contributed by atoms with Gasteiger partial charge >= 0.3 is 6.18 Å². The number of benzene rings is 2. The van der Waals surface area contributed by atoms with E-state index < -0.39 is 17.6 Å². The molecule has 0 aromatic heterocycles. The van der Waals surface area contributed by atoms with Crippen molar-refractivity contribution in [2.75, 3.05) is 18.8 Å². The van der Waals surface area contributed by atoms with Crippen molar-refractivity contribution in [3.63, 3.8) is 0 Å². The SMILES string of the molecule is CCCSc1ccc(Cl)cc1CNC(=O)c1cc(Cl)c(CN2CCCCC2)c(C(F)(F)F)c1. The summed E-state index contributed by atoms with van der Waals surface area (Å²) in [4.78, 5) is 15.7. The van der Waals surface area contributed by atoms with Crippen molar-refractivity contribution >= 4 is 40.9 Å². The number of amides is 1. The van der Waals surface area contributed by atoms with Crippen LogP contribution < -0.4 is 5.32 Å². The largest absolute Gasteiger partial charge is 0.416 e. The third-order valence-electron chi connectivity index (χ3n) is 5.52. The molecule has 2 aromatic rings. The number of alkyl halides is 3. The lowest BCUT2D eigenvalue weighted by Gasteiger charge is -2.28. The molecule has 3 nitrogen and oxygen atoms in total. The zero-order chi connectivity index (χ0) is 24.0. The minimum atomic E-state index is -4.61. The standard InChI is InChI=1S/C24H27Cl2F3N2OS/c1-2-10-33-22-7-6-18(25)11-17(22)14-30-23(32)16-12-20(24(27,28)29)19(21(26)13-16)15-31-8-4-3-5-9-31/h6-7,11-13H,2-5,8-10,14-15H2,1H3,(H,30,32). The monoisotopic (exact) mass is 518 g/mol. The number of carbonyl (C=O) groups excluding carboxylic acids is 1. The van der Waals surface area contributed by atoms with Crippen LogP contribution in [0, 0.1) is 0 Å². The number of nitrogens with one attached hydrogen (secondary N) is 1. The van der Waals surface area contributed by atoms with E-state index in [1.807, 2.05) is 11.0 Å². The number of rotatable bonds is 8. The van der Waals surface area contributed by atoms with Crippen LogP contribution in [0.25, 0.3) is 0 Å². The molecule has 33 heavy (non-hydrogen) atoms. The molecule has 1 amide bonds. The van der Waals surface area contributed by atoms with Crippen molar-refractivity contribution in [3.05, 3.63) is 62.6 Å². The number of hydrogen-bond acceptors (Lipinski definition) is 3.